The van der Waals surface area contributed by atoms with Crippen LogP contribution in [0, 0.1) is 4.77 Å². The van der Waals surface area contributed by atoms with Crippen LogP contribution in [0.1, 0.15) is 32.6 Å². The lowest BCUT2D eigenvalue weighted by Gasteiger charge is -2.31. The number of rotatable bonds is 4. The Morgan fingerprint density at radius 1 is 1.39 bits per heavy atom. The summed E-state index contributed by atoms with van der Waals surface area (Å²) in [6.45, 7) is 4.39. The zero-order chi connectivity index (χ0) is 16.4. The number of piperidine rings is 1. The number of benzene rings is 1. The van der Waals surface area contributed by atoms with Gasteiger partial charge in [0.2, 0.25) is 4.77 Å². The molecule has 1 aromatic heterocycles. The van der Waals surface area contributed by atoms with Crippen LogP contribution in [0.4, 0.5) is 0 Å². The van der Waals surface area contributed by atoms with Gasteiger partial charge in [0, 0.05) is 17.1 Å². The van der Waals surface area contributed by atoms with Gasteiger partial charge in [-0.2, -0.15) is 4.68 Å². The van der Waals surface area contributed by atoms with E-state index in [4.69, 9.17) is 17.3 Å². The van der Waals surface area contributed by atoms with E-state index in [-0.39, 0.29) is 0 Å². The summed E-state index contributed by atoms with van der Waals surface area (Å²) in [7, 11) is 2.00. The van der Waals surface area contributed by atoms with Crippen molar-refractivity contribution in [2.45, 2.75) is 45.3 Å². The van der Waals surface area contributed by atoms with Crippen LogP contribution in [-0.4, -0.2) is 26.9 Å². The Kier molecular flexibility index (Phi) is 5.34. The second-order valence-electron chi connectivity index (χ2n) is 6.34. The summed E-state index contributed by atoms with van der Waals surface area (Å²) in [5.74, 6) is 0.931. The molecule has 0 radical (unpaired) electrons. The topological polar surface area (TPSA) is 27.2 Å². The van der Waals surface area contributed by atoms with E-state index in [1.54, 1.807) is 4.90 Å². The first-order valence-electron chi connectivity index (χ1n) is 8.34. The van der Waals surface area contributed by atoms with Crippen LogP contribution in [-0.2, 0) is 13.7 Å². The summed E-state index contributed by atoms with van der Waals surface area (Å²) in [6, 6.07) is 8.96. The Bertz CT molecular complexity index is 736. The lowest BCUT2D eigenvalue weighted by molar-refractivity contribution is -0.953. The van der Waals surface area contributed by atoms with Gasteiger partial charge in [-0.1, -0.05) is 35.0 Å². The van der Waals surface area contributed by atoms with Crippen molar-refractivity contribution in [1.29, 1.82) is 0 Å². The van der Waals surface area contributed by atoms with E-state index in [9.17, 15) is 0 Å². The predicted octanol–water partition coefficient (Wildman–Crippen LogP) is 3.19. The molecule has 1 aromatic carbocycles. The molecule has 2 atom stereocenters. The van der Waals surface area contributed by atoms with Crippen molar-refractivity contribution in [1.82, 2.24) is 14.3 Å². The summed E-state index contributed by atoms with van der Waals surface area (Å²) in [5, 5.41) is 4.82. The lowest BCUT2D eigenvalue weighted by Crippen LogP contribution is -3.15. The molecule has 1 fully saturated rings. The monoisotopic (exact) mass is 395 g/mol. The van der Waals surface area contributed by atoms with Crippen molar-refractivity contribution in [3.8, 4) is 11.4 Å². The molecular weight excluding hydrogens is 372 g/mol. The van der Waals surface area contributed by atoms with Gasteiger partial charge < -0.3 is 9.47 Å². The summed E-state index contributed by atoms with van der Waals surface area (Å²) >= 11 is 9.16. The second kappa shape index (κ2) is 7.28. The number of hydrogen-bond acceptors (Lipinski definition) is 2. The Morgan fingerprint density at radius 2 is 2.22 bits per heavy atom. The summed E-state index contributed by atoms with van der Waals surface area (Å²) in [6.07, 6.45) is 5.22. The molecule has 6 heteroatoms. The molecule has 2 aromatic rings. The molecule has 1 unspecified atom stereocenters. The molecule has 0 aliphatic carbocycles. The number of quaternary nitrogens is 1. The van der Waals surface area contributed by atoms with Gasteiger partial charge in [0.05, 0.1) is 12.6 Å². The van der Waals surface area contributed by atoms with Gasteiger partial charge in [0.15, 0.2) is 12.5 Å². The Morgan fingerprint density at radius 3 is 2.96 bits per heavy atom. The lowest BCUT2D eigenvalue weighted by atomic mass is 10.0. The van der Waals surface area contributed by atoms with E-state index in [1.165, 1.54) is 32.2 Å². The average Bonchev–Trinajstić information content (AvgIpc) is 2.84. The van der Waals surface area contributed by atoms with Crippen LogP contribution in [0.5, 0.6) is 0 Å². The van der Waals surface area contributed by atoms with Crippen LogP contribution in [0.2, 0.25) is 0 Å². The van der Waals surface area contributed by atoms with E-state index >= 15 is 0 Å². The fraction of sp³-hybridized carbons (Fsp3) is 0.529. The third kappa shape index (κ3) is 3.59. The van der Waals surface area contributed by atoms with Crippen molar-refractivity contribution in [2.24, 2.45) is 7.05 Å². The van der Waals surface area contributed by atoms with Gasteiger partial charge in [-0.15, -0.1) is 5.10 Å². The molecule has 0 bridgehead atoms. The number of hydrogen-bond donors (Lipinski definition) is 1. The van der Waals surface area contributed by atoms with Gasteiger partial charge in [-0.3, -0.25) is 0 Å². The second-order valence-corrected chi connectivity index (χ2v) is 7.62. The SMILES string of the molecule is CC[C@@H]1CCCC[NH+]1Cn1nc(-c2cccc(Br)c2)n(C)c1=S. The van der Waals surface area contributed by atoms with Gasteiger partial charge in [0.1, 0.15) is 0 Å². The van der Waals surface area contributed by atoms with Crippen molar-refractivity contribution in [3.63, 3.8) is 0 Å². The maximum absolute atomic E-state index is 5.63. The molecule has 4 nitrogen and oxygen atoms in total. The molecular formula is C17H24BrN4S+. The van der Waals surface area contributed by atoms with Crippen molar-refractivity contribution < 1.29 is 4.90 Å². The molecule has 3 rings (SSSR count). The minimum atomic E-state index is 0.738. The van der Waals surface area contributed by atoms with Gasteiger partial charge >= 0.3 is 0 Å². The minimum Gasteiger partial charge on any atom is -0.314 e. The third-order valence-corrected chi connectivity index (χ3v) is 5.83. The highest BCUT2D eigenvalue weighted by molar-refractivity contribution is 9.10. The molecule has 1 aliphatic heterocycles. The molecule has 1 N–H and O–H groups in total. The number of likely N-dealkylation sites (tertiary alicyclic amines) is 1. The Labute approximate surface area is 151 Å². The minimum absolute atomic E-state index is 0.738. The summed E-state index contributed by atoms with van der Waals surface area (Å²) in [5.41, 5.74) is 1.09. The molecule has 0 spiro atoms. The summed E-state index contributed by atoms with van der Waals surface area (Å²) < 4.78 is 5.88. The predicted molar refractivity (Wildman–Crippen MR) is 98.9 cm³/mol. The quantitative estimate of drug-likeness (QED) is 0.804. The highest BCUT2D eigenvalue weighted by Crippen LogP contribution is 2.21. The largest absolute Gasteiger partial charge is 0.314 e. The fourth-order valence-corrected chi connectivity index (χ4v) is 4.11. The maximum atomic E-state index is 5.63. The number of halogens is 1. The summed E-state index contributed by atoms with van der Waals surface area (Å²) in [4.78, 5) is 1.62. The first-order chi connectivity index (χ1) is 11.1. The third-order valence-electron chi connectivity index (χ3n) is 4.85. The molecule has 1 saturated heterocycles. The zero-order valence-corrected chi connectivity index (χ0v) is 16.2. The zero-order valence-electron chi connectivity index (χ0n) is 13.8. The molecule has 0 amide bonds. The Balaban J connectivity index is 1.89. The molecule has 23 heavy (non-hydrogen) atoms. The van der Waals surface area contributed by atoms with Crippen molar-refractivity contribution in [3.05, 3.63) is 33.5 Å². The van der Waals surface area contributed by atoms with Crippen LogP contribution in [0.15, 0.2) is 28.7 Å². The Hall–Kier alpha value is -0.980. The first-order valence-corrected chi connectivity index (χ1v) is 9.54. The van der Waals surface area contributed by atoms with E-state index < -0.39 is 0 Å². The van der Waals surface area contributed by atoms with Gasteiger partial charge in [-0.05, 0) is 50.0 Å². The van der Waals surface area contributed by atoms with Gasteiger partial charge in [0.25, 0.3) is 0 Å². The van der Waals surface area contributed by atoms with Crippen LogP contribution < -0.4 is 4.90 Å². The fourth-order valence-electron chi connectivity index (χ4n) is 3.51. The molecule has 0 saturated carbocycles. The highest BCUT2D eigenvalue weighted by atomic mass is 79.9. The van der Waals surface area contributed by atoms with E-state index in [0.29, 0.717) is 0 Å². The first kappa shape index (κ1) is 16.9. The van der Waals surface area contributed by atoms with Crippen LogP contribution >= 0.6 is 28.1 Å². The van der Waals surface area contributed by atoms with E-state index in [1.807, 2.05) is 28.4 Å². The number of nitrogens with one attached hydrogen (secondary N) is 1. The van der Waals surface area contributed by atoms with Crippen molar-refractivity contribution >= 4 is 28.1 Å². The number of aromatic nitrogens is 3. The van der Waals surface area contributed by atoms with Crippen LogP contribution in [0.25, 0.3) is 11.4 Å². The van der Waals surface area contributed by atoms with Crippen molar-refractivity contribution in [2.75, 3.05) is 6.54 Å². The highest BCUT2D eigenvalue weighted by Gasteiger charge is 2.25. The molecule has 2 heterocycles. The molecule has 124 valence electrons. The standard InChI is InChI=1S/C17H23BrN4S/c1-3-15-9-4-5-10-21(15)12-22-17(23)20(2)16(19-22)13-7-6-8-14(18)11-13/h6-8,11,15H,3-5,9-10,12H2,1-2H3/p+1/t15-/m1/s1. The van der Waals surface area contributed by atoms with Crippen LogP contribution in [0.3, 0.4) is 0 Å². The normalized spacial score (nSPS) is 21.5. The van der Waals surface area contributed by atoms with E-state index in [0.717, 1.165) is 33.3 Å². The van der Waals surface area contributed by atoms with Gasteiger partial charge in [-0.25, -0.2) is 0 Å². The molecule has 1 aliphatic rings. The van der Waals surface area contributed by atoms with E-state index in [2.05, 4.69) is 35.0 Å². The maximum Gasteiger partial charge on any atom is 0.202 e. The average molecular weight is 396 g/mol. The smallest absolute Gasteiger partial charge is 0.202 e. The number of nitrogens with zero attached hydrogens (tertiary/aromatic N) is 3.